The molecule has 0 aliphatic rings. The minimum absolute atomic E-state index is 0.227. The van der Waals surface area contributed by atoms with Crippen LogP contribution in [-0.2, 0) is 4.79 Å². The maximum absolute atomic E-state index is 10.7. The van der Waals surface area contributed by atoms with Gasteiger partial charge in [-0.2, -0.15) is 5.26 Å². The molecule has 0 bridgehead atoms. The minimum Gasteiger partial charge on any atom is -0.481 e. The van der Waals surface area contributed by atoms with Gasteiger partial charge in [0, 0.05) is 23.1 Å². The zero-order valence-electron chi connectivity index (χ0n) is 12.4. The number of carboxylic acid groups (broad SMARTS) is 1. The molecular weight excluding hydrogens is 332 g/mol. The van der Waals surface area contributed by atoms with E-state index in [0.717, 1.165) is 23.1 Å². The van der Waals surface area contributed by atoms with Crippen molar-refractivity contribution < 1.29 is 9.90 Å². The average Bonchev–Trinajstić information content (AvgIpc) is 2.42. The smallest absolute Gasteiger partial charge is 0.303 e. The summed E-state index contributed by atoms with van der Waals surface area (Å²) in [7, 11) is 0. The first-order valence-electron chi connectivity index (χ1n) is 7.09. The quantitative estimate of drug-likeness (QED) is 0.732. The Labute approximate surface area is 134 Å². The van der Waals surface area contributed by atoms with Gasteiger partial charge in [0.05, 0.1) is 5.56 Å². The molecule has 0 heterocycles. The lowest BCUT2D eigenvalue weighted by molar-refractivity contribution is -0.137. The van der Waals surface area contributed by atoms with E-state index in [-0.39, 0.29) is 6.42 Å². The molecule has 0 fully saturated rings. The predicted molar refractivity (Wildman–Crippen MR) is 87.2 cm³/mol. The van der Waals surface area contributed by atoms with Crippen LogP contribution in [-0.4, -0.2) is 17.6 Å². The van der Waals surface area contributed by atoms with E-state index in [2.05, 4.69) is 41.2 Å². The Morgan fingerprint density at radius 1 is 1.43 bits per heavy atom. The number of carboxylic acids is 1. The van der Waals surface area contributed by atoms with Gasteiger partial charge in [0.1, 0.15) is 6.07 Å². The maximum atomic E-state index is 10.7. The molecule has 1 aromatic carbocycles. The molecule has 0 radical (unpaired) electrons. The highest BCUT2D eigenvalue weighted by molar-refractivity contribution is 9.10. The van der Waals surface area contributed by atoms with Gasteiger partial charge in [-0.25, -0.2) is 0 Å². The summed E-state index contributed by atoms with van der Waals surface area (Å²) in [5, 5.41) is 21.0. The zero-order valence-corrected chi connectivity index (χ0v) is 14.0. The molecule has 0 spiro atoms. The third-order valence-corrected chi connectivity index (χ3v) is 4.26. The monoisotopic (exact) mass is 352 g/mol. The molecule has 114 valence electrons. The van der Waals surface area contributed by atoms with Crippen molar-refractivity contribution in [3.8, 4) is 6.07 Å². The van der Waals surface area contributed by atoms with Gasteiger partial charge in [-0.15, -0.1) is 0 Å². The van der Waals surface area contributed by atoms with Gasteiger partial charge < -0.3 is 10.4 Å². The Hall–Kier alpha value is -1.54. The summed E-state index contributed by atoms with van der Waals surface area (Å²) in [6.07, 6.45) is 1.87. The number of rotatable bonds is 8. The van der Waals surface area contributed by atoms with Crippen LogP contribution in [0.1, 0.15) is 38.7 Å². The highest BCUT2D eigenvalue weighted by Gasteiger charge is 2.14. The Bertz CT molecular complexity index is 523. The first kappa shape index (κ1) is 17.5. The third-order valence-electron chi connectivity index (χ3n) is 3.61. The number of hydrogen-bond donors (Lipinski definition) is 2. The largest absolute Gasteiger partial charge is 0.481 e. The van der Waals surface area contributed by atoms with Crippen LogP contribution in [0.3, 0.4) is 0 Å². The molecule has 0 amide bonds. The summed E-state index contributed by atoms with van der Waals surface area (Å²) in [5.41, 5.74) is 1.57. The van der Waals surface area contributed by atoms with Gasteiger partial charge in [-0.3, -0.25) is 4.79 Å². The molecule has 1 unspecified atom stereocenters. The fourth-order valence-electron chi connectivity index (χ4n) is 2.24. The van der Waals surface area contributed by atoms with Gasteiger partial charge in [-0.1, -0.05) is 13.8 Å². The van der Waals surface area contributed by atoms with E-state index in [1.807, 2.05) is 12.1 Å². The Balaban J connectivity index is 2.48. The van der Waals surface area contributed by atoms with Gasteiger partial charge in [0.15, 0.2) is 0 Å². The van der Waals surface area contributed by atoms with Crippen LogP contribution in [0, 0.1) is 23.2 Å². The van der Waals surface area contributed by atoms with Gasteiger partial charge in [-0.05, 0) is 58.8 Å². The molecule has 1 atom stereocenters. The number of hydrogen-bond acceptors (Lipinski definition) is 3. The van der Waals surface area contributed by atoms with E-state index in [0.29, 0.717) is 23.8 Å². The molecule has 1 aromatic rings. The van der Waals surface area contributed by atoms with Crippen LogP contribution in [0.4, 0.5) is 5.69 Å². The lowest BCUT2D eigenvalue weighted by atomic mass is 9.88. The number of nitrogens with zero attached hydrogens (tertiary/aromatic N) is 1. The van der Waals surface area contributed by atoms with Crippen molar-refractivity contribution in [3.63, 3.8) is 0 Å². The summed E-state index contributed by atoms with van der Waals surface area (Å²) in [6, 6.07) is 7.65. The average molecular weight is 353 g/mol. The van der Waals surface area contributed by atoms with E-state index in [1.54, 1.807) is 6.07 Å². The van der Waals surface area contributed by atoms with Crippen molar-refractivity contribution in [2.75, 3.05) is 11.9 Å². The van der Waals surface area contributed by atoms with Crippen LogP contribution in [0.25, 0.3) is 0 Å². The topological polar surface area (TPSA) is 73.1 Å². The number of nitriles is 1. The van der Waals surface area contributed by atoms with Crippen LogP contribution in [0.15, 0.2) is 22.7 Å². The molecule has 0 saturated carbocycles. The molecule has 0 aliphatic carbocycles. The van der Waals surface area contributed by atoms with Crippen LogP contribution in [0.5, 0.6) is 0 Å². The molecule has 0 aliphatic heterocycles. The van der Waals surface area contributed by atoms with E-state index in [1.165, 1.54) is 0 Å². The number of benzene rings is 1. The molecule has 0 aromatic heterocycles. The summed E-state index contributed by atoms with van der Waals surface area (Å²) in [6.45, 7) is 5.05. The van der Waals surface area contributed by atoms with Gasteiger partial charge in [0.2, 0.25) is 0 Å². The van der Waals surface area contributed by atoms with Gasteiger partial charge >= 0.3 is 5.97 Å². The summed E-state index contributed by atoms with van der Waals surface area (Å²) in [4.78, 5) is 10.7. The standard InChI is InChI=1S/C16H21BrN2O2/c1-11(2)12(4-6-16(20)21)7-8-19-14-5-3-13(10-18)15(17)9-14/h3,5,9,11-12,19H,4,6-8H2,1-2H3,(H,20,21). The molecule has 5 heteroatoms. The van der Waals surface area contributed by atoms with Crippen molar-refractivity contribution >= 4 is 27.6 Å². The van der Waals surface area contributed by atoms with Crippen molar-refractivity contribution in [2.24, 2.45) is 11.8 Å². The lowest BCUT2D eigenvalue weighted by Gasteiger charge is -2.20. The molecule has 0 saturated heterocycles. The van der Waals surface area contributed by atoms with E-state index in [4.69, 9.17) is 10.4 Å². The SMILES string of the molecule is CC(C)C(CCNc1ccc(C#N)c(Br)c1)CCC(=O)O. The molecular formula is C16H21BrN2O2. The van der Waals surface area contributed by atoms with Crippen molar-refractivity contribution in [2.45, 2.75) is 33.1 Å². The van der Waals surface area contributed by atoms with E-state index < -0.39 is 5.97 Å². The Morgan fingerprint density at radius 2 is 2.14 bits per heavy atom. The van der Waals surface area contributed by atoms with E-state index in [9.17, 15) is 4.79 Å². The van der Waals surface area contributed by atoms with E-state index >= 15 is 0 Å². The second-order valence-electron chi connectivity index (χ2n) is 5.46. The highest BCUT2D eigenvalue weighted by Crippen LogP contribution is 2.23. The zero-order chi connectivity index (χ0) is 15.8. The fraction of sp³-hybridized carbons (Fsp3) is 0.500. The summed E-state index contributed by atoms with van der Waals surface area (Å²) in [5.74, 6) is 0.138. The van der Waals surface area contributed by atoms with Crippen molar-refractivity contribution in [3.05, 3.63) is 28.2 Å². The second kappa shape index (κ2) is 8.68. The number of nitrogens with one attached hydrogen (secondary N) is 1. The van der Waals surface area contributed by atoms with Crippen molar-refractivity contribution in [1.29, 1.82) is 5.26 Å². The second-order valence-corrected chi connectivity index (χ2v) is 6.31. The number of carbonyl (C=O) groups is 1. The van der Waals surface area contributed by atoms with Crippen LogP contribution >= 0.6 is 15.9 Å². The van der Waals surface area contributed by atoms with Gasteiger partial charge in [0.25, 0.3) is 0 Å². The highest BCUT2D eigenvalue weighted by atomic mass is 79.9. The lowest BCUT2D eigenvalue weighted by Crippen LogP contribution is -2.15. The Morgan fingerprint density at radius 3 is 2.67 bits per heavy atom. The van der Waals surface area contributed by atoms with Crippen LogP contribution in [0.2, 0.25) is 0 Å². The molecule has 2 N–H and O–H groups in total. The summed E-state index contributed by atoms with van der Waals surface area (Å²) < 4.78 is 0.779. The number of anilines is 1. The predicted octanol–water partition coefficient (Wildman–Crippen LogP) is 4.26. The number of halogens is 1. The maximum Gasteiger partial charge on any atom is 0.303 e. The first-order valence-corrected chi connectivity index (χ1v) is 7.88. The fourth-order valence-corrected chi connectivity index (χ4v) is 2.70. The normalized spacial score (nSPS) is 12.0. The third kappa shape index (κ3) is 6.17. The molecule has 21 heavy (non-hydrogen) atoms. The molecule has 4 nitrogen and oxygen atoms in total. The Kier molecular flexibility index (Phi) is 7.24. The summed E-state index contributed by atoms with van der Waals surface area (Å²) >= 11 is 3.36. The van der Waals surface area contributed by atoms with Crippen LogP contribution < -0.4 is 5.32 Å². The minimum atomic E-state index is -0.732. The van der Waals surface area contributed by atoms with Crippen molar-refractivity contribution in [1.82, 2.24) is 0 Å². The first-order chi connectivity index (χ1) is 9.93. The number of aliphatic carboxylic acids is 1. The molecule has 1 rings (SSSR count).